The van der Waals surface area contributed by atoms with Gasteiger partial charge in [0.05, 0.1) is 18.2 Å². The van der Waals surface area contributed by atoms with E-state index in [4.69, 9.17) is 30.5 Å². The van der Waals surface area contributed by atoms with Crippen molar-refractivity contribution >= 4 is 35.7 Å². The topological polar surface area (TPSA) is 133 Å². The van der Waals surface area contributed by atoms with Crippen molar-refractivity contribution in [2.24, 2.45) is 17.3 Å². The normalized spacial score (nSPS) is 18.4. The lowest BCUT2D eigenvalue weighted by Gasteiger charge is -2.25. The zero-order chi connectivity index (χ0) is 35.4. The van der Waals surface area contributed by atoms with Crippen LogP contribution in [0.15, 0.2) is 60.7 Å². The number of aldehydes is 1. The summed E-state index contributed by atoms with van der Waals surface area (Å²) in [5.74, 6) is -0.916. The molecule has 3 rings (SSSR count). The summed E-state index contributed by atoms with van der Waals surface area (Å²) in [6, 6.07) is 14.0. The quantitative estimate of drug-likeness (QED) is 0.0869. The van der Waals surface area contributed by atoms with E-state index in [0.29, 0.717) is 22.8 Å². The number of esters is 1. The Morgan fingerprint density at radius 1 is 1.06 bits per heavy atom. The first-order chi connectivity index (χ1) is 22.8. The third kappa shape index (κ3) is 11.8. The molecule has 1 heterocycles. The lowest BCUT2D eigenvalue weighted by Crippen LogP contribution is -2.49. The number of carbonyl (C=O) groups is 4. The average molecular weight is 685 g/mol. The molecular weight excluding hydrogens is 636 g/mol. The van der Waals surface area contributed by atoms with Crippen molar-refractivity contribution in [2.75, 3.05) is 20.8 Å². The second kappa shape index (κ2) is 18.1. The number of amides is 2. The zero-order valence-electron chi connectivity index (χ0n) is 28.9. The minimum atomic E-state index is -0.966. The number of ether oxygens (including phenoxy) is 4. The molecule has 48 heavy (non-hydrogen) atoms. The van der Waals surface area contributed by atoms with Gasteiger partial charge in [-0.1, -0.05) is 88.7 Å². The molecule has 0 saturated carbocycles. The van der Waals surface area contributed by atoms with Crippen LogP contribution < -0.4 is 15.4 Å². The minimum absolute atomic E-state index is 0.0956. The van der Waals surface area contributed by atoms with Crippen LogP contribution in [0, 0.1) is 17.3 Å². The maximum Gasteiger partial charge on any atom is 0.335 e. The summed E-state index contributed by atoms with van der Waals surface area (Å²) in [5.41, 5.74) is 0.966. The first-order valence-electron chi connectivity index (χ1n) is 16.3. The third-order valence-corrected chi connectivity index (χ3v) is 8.52. The molecule has 6 unspecified atom stereocenters. The Morgan fingerprint density at radius 2 is 1.77 bits per heavy atom. The first kappa shape index (κ1) is 38.7. The molecule has 2 aromatic carbocycles. The maximum atomic E-state index is 13.2. The fourth-order valence-corrected chi connectivity index (χ4v) is 5.53. The molecule has 1 saturated heterocycles. The summed E-state index contributed by atoms with van der Waals surface area (Å²) in [6.07, 6.45) is 3.01. The number of halogens is 1. The van der Waals surface area contributed by atoms with Gasteiger partial charge in [-0.05, 0) is 41.7 Å². The Labute approximate surface area is 288 Å². The molecule has 0 bridgehead atoms. The van der Waals surface area contributed by atoms with Gasteiger partial charge >= 0.3 is 5.97 Å². The van der Waals surface area contributed by atoms with E-state index in [1.165, 1.54) is 20.3 Å². The fraction of sp³-hybridized carbons (Fsp3) is 0.514. The largest absolute Gasteiger partial charge is 0.495 e. The van der Waals surface area contributed by atoms with E-state index in [2.05, 4.69) is 10.6 Å². The highest BCUT2D eigenvalue weighted by molar-refractivity contribution is 6.32. The number of benzene rings is 2. The third-order valence-electron chi connectivity index (χ3n) is 8.22. The summed E-state index contributed by atoms with van der Waals surface area (Å²) in [6.45, 7) is 9.47. The summed E-state index contributed by atoms with van der Waals surface area (Å²) in [4.78, 5) is 51.0. The van der Waals surface area contributed by atoms with Crippen LogP contribution in [0.5, 0.6) is 5.75 Å². The molecule has 2 N–H and O–H groups in total. The molecule has 0 radical (unpaired) electrons. The summed E-state index contributed by atoms with van der Waals surface area (Å²) in [5, 5.41) is 5.91. The standard InChI is InChI=1S/C37H49ClN2O8/c1-23(2)18-31(46-7)36(44)47-29(24(3)33-34(48-33)26-12-9-8-10-13-26)14-11-15-32(42)40-28(35(43)39-21-37(4,5)22-41)20-25-16-17-30(45-6)27(38)19-25/h8-13,15-17,19,22-24,28-29,31,33-34H,14,18,20-21H2,1-7H3,(H,39,43)(H,40,42)/b15-11+. The Morgan fingerprint density at radius 3 is 2.38 bits per heavy atom. The second-order valence-electron chi connectivity index (χ2n) is 13.3. The van der Waals surface area contributed by atoms with Crippen LogP contribution in [-0.4, -0.2) is 69.2 Å². The minimum Gasteiger partial charge on any atom is -0.495 e. The number of carbonyl (C=O) groups excluding carboxylic acids is 4. The molecule has 6 atom stereocenters. The smallest absolute Gasteiger partial charge is 0.335 e. The summed E-state index contributed by atoms with van der Waals surface area (Å²) >= 11 is 6.31. The molecule has 2 aromatic rings. The van der Waals surface area contributed by atoms with Crippen LogP contribution >= 0.6 is 11.6 Å². The number of hydrogen-bond donors (Lipinski definition) is 2. The van der Waals surface area contributed by atoms with Gasteiger partial charge in [-0.15, -0.1) is 0 Å². The highest BCUT2D eigenvalue weighted by Gasteiger charge is 2.47. The number of epoxide rings is 1. The van der Waals surface area contributed by atoms with E-state index in [0.717, 1.165) is 11.8 Å². The van der Waals surface area contributed by atoms with E-state index >= 15 is 0 Å². The molecule has 1 aliphatic heterocycles. The fourth-order valence-electron chi connectivity index (χ4n) is 5.25. The van der Waals surface area contributed by atoms with Crippen molar-refractivity contribution in [1.82, 2.24) is 10.6 Å². The number of hydrogen-bond acceptors (Lipinski definition) is 8. The number of rotatable bonds is 19. The Hall–Kier alpha value is -3.73. The van der Waals surface area contributed by atoms with Gasteiger partial charge in [0, 0.05) is 37.8 Å². The summed E-state index contributed by atoms with van der Waals surface area (Å²) in [7, 11) is 2.99. The van der Waals surface area contributed by atoms with Crippen LogP contribution in [0.2, 0.25) is 5.02 Å². The molecule has 1 fully saturated rings. The van der Waals surface area contributed by atoms with Gasteiger partial charge in [0.25, 0.3) is 0 Å². The summed E-state index contributed by atoms with van der Waals surface area (Å²) < 4.78 is 22.7. The van der Waals surface area contributed by atoms with E-state index in [9.17, 15) is 19.2 Å². The Balaban J connectivity index is 1.74. The predicted octanol–water partition coefficient (Wildman–Crippen LogP) is 5.41. The van der Waals surface area contributed by atoms with Gasteiger partial charge in [0.2, 0.25) is 11.8 Å². The SMILES string of the molecule is COc1ccc(CC(NC(=O)/C=C/CC(OC(=O)C(CC(C)C)OC)C(C)C2OC2c2ccccc2)C(=O)NCC(C)(C)C=O)cc1Cl. The van der Waals surface area contributed by atoms with Gasteiger partial charge < -0.3 is 34.4 Å². The molecule has 1 aliphatic rings. The Kier molecular flexibility index (Phi) is 14.6. The molecule has 2 amide bonds. The van der Waals surface area contributed by atoms with Crippen molar-refractivity contribution in [2.45, 2.75) is 84.3 Å². The van der Waals surface area contributed by atoms with E-state index in [-0.39, 0.29) is 43.4 Å². The zero-order valence-corrected chi connectivity index (χ0v) is 29.6. The van der Waals surface area contributed by atoms with E-state index in [1.807, 2.05) is 51.1 Å². The Bertz CT molecular complexity index is 1410. The van der Waals surface area contributed by atoms with Gasteiger partial charge in [0.15, 0.2) is 6.10 Å². The van der Waals surface area contributed by atoms with Crippen LogP contribution in [-0.2, 0) is 39.8 Å². The van der Waals surface area contributed by atoms with Crippen LogP contribution in [0.1, 0.15) is 64.7 Å². The van der Waals surface area contributed by atoms with Gasteiger partial charge in [-0.3, -0.25) is 9.59 Å². The number of nitrogens with one attached hydrogen (secondary N) is 2. The molecular formula is C37H49ClN2O8. The monoisotopic (exact) mass is 684 g/mol. The van der Waals surface area contributed by atoms with E-state index < -0.39 is 41.4 Å². The van der Waals surface area contributed by atoms with Crippen molar-refractivity contribution in [3.63, 3.8) is 0 Å². The van der Waals surface area contributed by atoms with Crippen molar-refractivity contribution in [1.29, 1.82) is 0 Å². The molecule has 0 aromatic heterocycles. The molecule has 0 aliphatic carbocycles. The average Bonchev–Trinajstić information content (AvgIpc) is 3.86. The molecule has 262 valence electrons. The molecule has 0 spiro atoms. The molecule has 10 nitrogen and oxygen atoms in total. The van der Waals surface area contributed by atoms with Crippen molar-refractivity contribution < 1.29 is 38.1 Å². The first-order valence-corrected chi connectivity index (χ1v) is 16.6. The van der Waals surface area contributed by atoms with Gasteiger partial charge in [-0.2, -0.15) is 0 Å². The van der Waals surface area contributed by atoms with Crippen LogP contribution in [0.25, 0.3) is 0 Å². The second-order valence-corrected chi connectivity index (χ2v) is 13.7. The van der Waals surface area contributed by atoms with E-state index in [1.54, 1.807) is 38.1 Å². The lowest BCUT2D eigenvalue weighted by atomic mass is 9.93. The van der Waals surface area contributed by atoms with Gasteiger partial charge in [-0.25, -0.2) is 4.79 Å². The van der Waals surface area contributed by atoms with Crippen molar-refractivity contribution in [3.05, 3.63) is 76.8 Å². The number of methoxy groups -OCH3 is 2. The van der Waals surface area contributed by atoms with Gasteiger partial charge in [0.1, 0.15) is 30.3 Å². The highest BCUT2D eigenvalue weighted by Crippen LogP contribution is 2.45. The maximum absolute atomic E-state index is 13.2. The van der Waals surface area contributed by atoms with Crippen molar-refractivity contribution in [3.8, 4) is 5.75 Å². The van der Waals surface area contributed by atoms with Crippen LogP contribution in [0.4, 0.5) is 0 Å². The highest BCUT2D eigenvalue weighted by atomic mass is 35.5. The molecule has 11 heteroatoms. The lowest BCUT2D eigenvalue weighted by molar-refractivity contribution is -0.164. The van der Waals surface area contributed by atoms with Crippen LogP contribution in [0.3, 0.4) is 0 Å². The predicted molar refractivity (Wildman–Crippen MR) is 184 cm³/mol.